The molecule has 0 amide bonds. The summed E-state index contributed by atoms with van der Waals surface area (Å²) < 4.78 is 0. The van der Waals surface area contributed by atoms with Gasteiger partial charge in [-0.15, -0.1) is 0 Å². The van der Waals surface area contributed by atoms with E-state index in [1.165, 1.54) is 306 Å². The van der Waals surface area contributed by atoms with Gasteiger partial charge in [-0.25, -0.2) is 0 Å². The molecule has 0 saturated heterocycles. The molecule has 0 saturated carbocycles. The second-order valence-corrected chi connectivity index (χ2v) is 36.5. The first-order chi connectivity index (χ1) is 62.3. The summed E-state index contributed by atoms with van der Waals surface area (Å²) in [4.78, 5) is 0. The first kappa shape index (κ1) is 79.1. The van der Waals surface area contributed by atoms with E-state index in [0.29, 0.717) is 0 Å². The van der Waals surface area contributed by atoms with Gasteiger partial charge in [0.25, 0.3) is 0 Å². The van der Waals surface area contributed by atoms with Gasteiger partial charge in [0.05, 0.1) is 0 Å². The zero-order chi connectivity index (χ0) is 87.3. The third-order valence-corrected chi connectivity index (χ3v) is 29.3. The monoisotopic (exact) mass is 1640 g/mol. The molecule has 25 aromatic carbocycles. The van der Waals surface area contributed by atoms with Crippen LogP contribution in [0, 0.1) is 96.9 Å². The lowest BCUT2D eigenvalue weighted by Crippen LogP contribution is -1.90. The quantitative estimate of drug-likeness (QED) is 0.105. The molecule has 0 nitrogen and oxygen atoms in total. The van der Waals surface area contributed by atoms with Gasteiger partial charge in [-0.3, -0.25) is 0 Å². The fourth-order valence-corrected chi connectivity index (χ4v) is 22.3. The minimum absolute atomic E-state index is 1.32. The molecule has 128 heavy (non-hydrogen) atoms. The molecule has 0 unspecified atom stereocenters. The van der Waals surface area contributed by atoms with Gasteiger partial charge in [0, 0.05) is 0 Å². The maximum absolute atomic E-state index is 2.37. The van der Waals surface area contributed by atoms with Crippen molar-refractivity contribution in [3.63, 3.8) is 0 Å². The van der Waals surface area contributed by atoms with Crippen molar-refractivity contribution in [2.75, 3.05) is 0 Å². The lowest BCUT2D eigenvalue weighted by atomic mass is 9.87. The van der Waals surface area contributed by atoms with Gasteiger partial charge in [0.2, 0.25) is 0 Å². The summed E-state index contributed by atoms with van der Waals surface area (Å²) in [6.07, 6.45) is 0. The molecule has 0 N–H and O–H groups in total. The Labute approximate surface area is 749 Å². The van der Waals surface area contributed by atoms with Gasteiger partial charge in [0.15, 0.2) is 0 Å². The van der Waals surface area contributed by atoms with E-state index in [-0.39, 0.29) is 0 Å². The number of aryl methyl sites for hydroxylation is 13. The Morgan fingerprint density at radius 2 is 0.430 bits per heavy atom. The fraction of sp³-hybridized carbons (Fsp3) is 0.109. The summed E-state index contributed by atoms with van der Waals surface area (Å²) in [5.41, 5.74) is 36.1. The first-order valence-corrected chi connectivity index (χ1v) is 45.4. The Kier molecular flexibility index (Phi) is 19.2. The molecular weight excluding hydrogens is 1540 g/mol. The highest BCUT2D eigenvalue weighted by Gasteiger charge is 2.27. The fourth-order valence-electron chi connectivity index (χ4n) is 22.3. The topological polar surface area (TPSA) is 0 Å². The molecule has 3 aliphatic carbocycles. The molecule has 0 aromatic heterocycles. The van der Waals surface area contributed by atoms with E-state index < -0.39 is 0 Å². The predicted octanol–water partition coefficient (Wildman–Crippen LogP) is 36.7. The van der Waals surface area contributed by atoms with E-state index in [1.54, 1.807) is 0 Å². The number of rotatable bonds is 0. The molecule has 0 atom stereocenters. The van der Waals surface area contributed by atoms with Gasteiger partial charge in [-0.2, -0.15) is 0 Å². The van der Waals surface area contributed by atoms with E-state index in [1.807, 2.05) is 0 Å². The molecule has 25 aromatic rings. The van der Waals surface area contributed by atoms with Crippen molar-refractivity contribution in [2.24, 2.45) is 0 Å². The number of benzene rings is 25. The Morgan fingerprint density at radius 3 is 1.05 bits per heavy atom. The summed E-state index contributed by atoms with van der Waals surface area (Å²) in [5, 5.41) is 41.5. The van der Waals surface area contributed by atoms with E-state index >= 15 is 0 Å². The summed E-state index contributed by atoms with van der Waals surface area (Å²) in [6.45, 7) is 31.0. The van der Waals surface area contributed by atoms with Crippen molar-refractivity contribution in [3.05, 3.63) is 430 Å². The number of hydrogen-bond donors (Lipinski definition) is 0. The highest BCUT2D eigenvalue weighted by atomic mass is 14.3. The molecule has 0 fully saturated rings. The van der Waals surface area contributed by atoms with Crippen LogP contribution in [0.2, 0.25) is 0 Å². The second kappa shape index (κ2) is 31.1. The lowest BCUT2D eigenvalue weighted by molar-refractivity contribution is 1.37. The van der Waals surface area contributed by atoms with Crippen LogP contribution in [0.15, 0.2) is 352 Å². The lowest BCUT2D eigenvalue weighted by Gasteiger charge is -2.16. The maximum atomic E-state index is 2.37. The Morgan fingerprint density at radius 1 is 0.109 bits per heavy atom. The minimum atomic E-state index is 1.32. The summed E-state index contributed by atoms with van der Waals surface area (Å²) in [7, 11) is 0. The average Bonchev–Trinajstić information content (AvgIpc) is 0.795. The van der Waals surface area contributed by atoms with Crippen molar-refractivity contribution in [1.82, 2.24) is 0 Å². The third kappa shape index (κ3) is 12.6. The zero-order valence-electron chi connectivity index (χ0n) is 75.5. The van der Waals surface area contributed by atoms with Crippen LogP contribution in [-0.4, -0.2) is 0 Å². The summed E-state index contributed by atoms with van der Waals surface area (Å²) >= 11 is 0. The van der Waals surface area contributed by atoms with Crippen LogP contribution < -0.4 is 0 Å². The first-order valence-electron chi connectivity index (χ1n) is 45.4. The van der Waals surface area contributed by atoms with Crippen molar-refractivity contribution in [3.8, 4) is 66.8 Å². The largest absolute Gasteiger partial charge is 0.0616 e. The molecule has 0 radical (unpaired) electrons. The standard InChI is InChI=1S/C22H16.5C18H14.C16H14/c1-13-12-20-19-10-4-7-15-6-3-9-17(21(15)19)18-11-5-8-16(14(13)2)22(18)20;1-11-10-13-6-5-9-16-14-7-3-4-8-15(14)17(12(11)2)18(13)16;1-11-10-17-15-7-4-3-6-14(15)16-9-5-8-13(12(11)2)18(16)17;1-11-10-15-7-6-13-4-3-5-14-8-9-16(12(11)2)18(15)17(13)14;1-11-6-7-14-9-8-13-4-3-5-15-10-12(2)16(11)18(14)17(13)15;1-11-7-9-15-13-5-3-4-6-14(13)16-10-8-12(2)17(11)18(15)16;1-11-7-9-16-14(12(11)2)10-8-13-5-3-4-6-15(13)16/h3-12H,1-2H3;5*3-10H,1-2H3;3-10H,1-2H3. The van der Waals surface area contributed by atoms with Crippen molar-refractivity contribution >= 4 is 162 Å². The van der Waals surface area contributed by atoms with E-state index in [0.717, 1.165) is 0 Å². The molecule has 0 spiro atoms. The smallest absolute Gasteiger partial charge is 0.00210 e. The van der Waals surface area contributed by atoms with E-state index in [2.05, 4.69) is 449 Å². The highest BCUT2D eigenvalue weighted by Crippen LogP contribution is 2.53. The van der Waals surface area contributed by atoms with Crippen LogP contribution in [0.25, 0.3) is 228 Å². The molecule has 28 rings (SSSR count). The summed E-state index contributed by atoms with van der Waals surface area (Å²) in [5.74, 6) is 0. The van der Waals surface area contributed by atoms with E-state index in [9.17, 15) is 0 Å². The molecule has 612 valence electrons. The van der Waals surface area contributed by atoms with Gasteiger partial charge in [-0.1, -0.05) is 352 Å². The number of fused-ring (bicyclic) bond motifs is 14. The van der Waals surface area contributed by atoms with Crippen LogP contribution in [0.4, 0.5) is 0 Å². The Bertz CT molecular complexity index is 8800. The Balaban J connectivity index is 0.0000000881. The molecule has 0 heterocycles. The number of hydrogen-bond acceptors (Lipinski definition) is 0. The van der Waals surface area contributed by atoms with Crippen molar-refractivity contribution in [1.29, 1.82) is 0 Å². The van der Waals surface area contributed by atoms with Crippen LogP contribution in [0.5, 0.6) is 0 Å². The molecule has 0 bridgehead atoms. The van der Waals surface area contributed by atoms with Crippen molar-refractivity contribution < 1.29 is 0 Å². The Hall–Kier alpha value is -14.8. The molecule has 0 heteroatoms. The van der Waals surface area contributed by atoms with Gasteiger partial charge in [-0.05, 0) is 403 Å². The van der Waals surface area contributed by atoms with E-state index in [4.69, 9.17) is 0 Å². The molecule has 0 aliphatic heterocycles. The summed E-state index contributed by atoms with van der Waals surface area (Å²) in [6, 6.07) is 129. The van der Waals surface area contributed by atoms with Crippen LogP contribution in [-0.2, 0) is 0 Å². The van der Waals surface area contributed by atoms with Crippen molar-refractivity contribution in [2.45, 2.75) is 96.9 Å². The highest BCUT2D eigenvalue weighted by molar-refractivity contribution is 6.34. The SMILES string of the molecule is Cc1cc2c3c(cccc3c1C)-c1ccccc1-2.Cc1cc2c3cccc4cccc(c5cccc(c1C)c52)c43.Cc1cc2ccc3cccc4ccc(c1C)c2c34.Cc1cc2cccc3c2c(c1C)-c1ccccc1-3.Cc1ccc2c(ccc3ccccc32)c1C.Cc1ccc2c3c(ccc(C)c13)-c1ccccc1-2.Cc1ccc2ccc3cccc4cc(C)c1c2c34. The third-order valence-electron chi connectivity index (χ3n) is 29.3. The second-order valence-electron chi connectivity index (χ2n) is 36.5. The maximum Gasteiger partial charge on any atom is -0.00210 e. The minimum Gasteiger partial charge on any atom is -0.0616 e. The predicted molar refractivity (Wildman–Crippen MR) is 561 cm³/mol. The van der Waals surface area contributed by atoms with Gasteiger partial charge in [0.1, 0.15) is 0 Å². The van der Waals surface area contributed by atoms with Gasteiger partial charge >= 0.3 is 0 Å². The van der Waals surface area contributed by atoms with Crippen LogP contribution >= 0.6 is 0 Å². The normalized spacial score (nSPS) is 11.8. The average molecular weight is 1640 g/mol. The molecular formula is C128H100. The molecule has 3 aliphatic rings. The van der Waals surface area contributed by atoms with Crippen LogP contribution in [0.1, 0.15) is 77.9 Å². The van der Waals surface area contributed by atoms with Crippen LogP contribution in [0.3, 0.4) is 0 Å². The zero-order valence-corrected chi connectivity index (χ0v) is 75.5. The van der Waals surface area contributed by atoms with Gasteiger partial charge < -0.3 is 0 Å².